The van der Waals surface area contributed by atoms with Gasteiger partial charge in [0.1, 0.15) is 28.5 Å². The zero-order valence-electron chi connectivity index (χ0n) is 25.0. The average molecular weight is 606 g/mol. The van der Waals surface area contributed by atoms with E-state index in [-0.39, 0.29) is 23.7 Å². The number of aryl methyl sites for hydroxylation is 2. The monoisotopic (exact) mass is 605 g/mol. The van der Waals surface area contributed by atoms with Gasteiger partial charge in [-0.05, 0) is 62.6 Å². The summed E-state index contributed by atoms with van der Waals surface area (Å²) in [4.78, 5) is 37.4. The first-order valence-corrected chi connectivity index (χ1v) is 14.4. The van der Waals surface area contributed by atoms with Crippen molar-refractivity contribution in [2.24, 2.45) is 28.9 Å². The van der Waals surface area contributed by atoms with Gasteiger partial charge in [0.05, 0.1) is 31.1 Å². The second kappa shape index (κ2) is 11.7. The van der Waals surface area contributed by atoms with E-state index in [1.807, 2.05) is 13.8 Å². The summed E-state index contributed by atoms with van der Waals surface area (Å²) in [5, 5.41) is 10.7. The van der Waals surface area contributed by atoms with Gasteiger partial charge in [0, 0.05) is 41.6 Å². The molecule has 44 heavy (non-hydrogen) atoms. The van der Waals surface area contributed by atoms with Gasteiger partial charge in [-0.15, -0.1) is 0 Å². The standard InChI is InChI=1S/C30H39N9O5/c1-4-39-20(8-14(2)38-39)29(42)37-30(35)24-15(13-44-21-11-16(27(33)40)9-18(23(21)24)26(30)32)6-5-7-36-25-19(31)10-17(28(34)41)12-22(25)43-3/h8-12,15,24,26,36H,4-7,13,31-32,35H2,1-3H3,(H2,33,40)(H2,34,41)(H,37,42)/t15-,24?,26?,30-/m1/s1. The number of anilines is 2. The summed E-state index contributed by atoms with van der Waals surface area (Å²) in [6, 6.07) is 7.13. The van der Waals surface area contributed by atoms with Gasteiger partial charge in [0.2, 0.25) is 11.8 Å². The van der Waals surface area contributed by atoms with E-state index < -0.39 is 35.3 Å². The van der Waals surface area contributed by atoms with E-state index in [9.17, 15) is 14.4 Å². The third-order valence-electron chi connectivity index (χ3n) is 8.51. The van der Waals surface area contributed by atoms with Crippen LogP contribution >= 0.6 is 0 Å². The zero-order chi connectivity index (χ0) is 31.9. The fourth-order valence-electron chi connectivity index (χ4n) is 6.45. The lowest BCUT2D eigenvalue weighted by Gasteiger charge is -2.42. The molecule has 4 atom stereocenters. The first kappa shape index (κ1) is 30.6. The van der Waals surface area contributed by atoms with Crippen molar-refractivity contribution in [3.05, 3.63) is 64.0 Å². The number of ether oxygens (including phenoxy) is 2. The Hall–Kier alpha value is -4.82. The Balaban J connectivity index is 1.41. The summed E-state index contributed by atoms with van der Waals surface area (Å²) in [7, 11) is 1.48. The molecule has 5 rings (SSSR count). The van der Waals surface area contributed by atoms with Gasteiger partial charge < -0.3 is 48.8 Å². The van der Waals surface area contributed by atoms with E-state index in [2.05, 4.69) is 15.7 Å². The number of aromatic nitrogens is 2. The van der Waals surface area contributed by atoms with Gasteiger partial charge in [-0.25, -0.2) is 0 Å². The van der Waals surface area contributed by atoms with E-state index in [0.717, 1.165) is 5.56 Å². The summed E-state index contributed by atoms with van der Waals surface area (Å²) >= 11 is 0. The van der Waals surface area contributed by atoms with Gasteiger partial charge >= 0.3 is 0 Å². The Kier molecular flexibility index (Phi) is 8.14. The van der Waals surface area contributed by atoms with Gasteiger partial charge in [-0.3, -0.25) is 19.1 Å². The number of nitrogen functional groups attached to an aromatic ring is 1. The molecule has 2 aromatic carbocycles. The maximum absolute atomic E-state index is 13.6. The van der Waals surface area contributed by atoms with Crippen molar-refractivity contribution in [2.45, 2.75) is 50.9 Å². The highest BCUT2D eigenvalue weighted by Gasteiger charge is 2.56. The molecule has 2 aliphatic rings. The predicted octanol–water partition coefficient (Wildman–Crippen LogP) is 1.08. The molecule has 3 aromatic rings. The lowest BCUT2D eigenvalue weighted by atomic mass is 9.77. The highest BCUT2D eigenvalue weighted by molar-refractivity contribution is 5.96. The number of nitrogens with one attached hydrogen (secondary N) is 2. The Morgan fingerprint density at radius 2 is 1.84 bits per heavy atom. The second-order valence-electron chi connectivity index (χ2n) is 11.3. The molecule has 12 N–H and O–H groups in total. The van der Waals surface area contributed by atoms with E-state index in [4.69, 9.17) is 38.1 Å². The molecule has 0 radical (unpaired) electrons. The number of hydrogen-bond acceptors (Lipinski definition) is 10. The van der Waals surface area contributed by atoms with E-state index in [1.54, 1.807) is 22.9 Å². The molecule has 14 nitrogen and oxygen atoms in total. The molecular formula is C30H39N9O5. The second-order valence-corrected chi connectivity index (χ2v) is 11.3. The number of rotatable bonds is 11. The minimum atomic E-state index is -1.40. The third-order valence-corrected chi connectivity index (χ3v) is 8.51. The molecule has 0 spiro atoms. The van der Waals surface area contributed by atoms with Crippen molar-refractivity contribution in [3.8, 4) is 11.5 Å². The van der Waals surface area contributed by atoms with Gasteiger partial charge in [-0.1, -0.05) is 0 Å². The van der Waals surface area contributed by atoms with Crippen LogP contribution in [0.15, 0.2) is 30.3 Å². The Morgan fingerprint density at radius 1 is 1.14 bits per heavy atom. The maximum atomic E-state index is 13.6. The highest BCUT2D eigenvalue weighted by Crippen LogP contribution is 2.55. The maximum Gasteiger partial charge on any atom is 0.271 e. The molecule has 2 heterocycles. The normalized spacial score (nSPS) is 21.7. The molecule has 0 bridgehead atoms. The number of nitrogens with two attached hydrogens (primary N) is 5. The molecule has 3 amide bonds. The first-order chi connectivity index (χ1) is 20.9. The Labute approximate surface area is 254 Å². The fraction of sp³-hybridized carbons (Fsp3) is 0.400. The summed E-state index contributed by atoms with van der Waals surface area (Å²) in [6.07, 6.45) is 1.30. The zero-order valence-corrected chi connectivity index (χ0v) is 25.0. The van der Waals surface area contributed by atoms with Gasteiger partial charge in [-0.2, -0.15) is 5.10 Å². The van der Waals surface area contributed by atoms with Crippen molar-refractivity contribution in [2.75, 3.05) is 31.3 Å². The van der Waals surface area contributed by atoms with E-state index in [1.165, 1.54) is 19.2 Å². The molecule has 2 unspecified atom stereocenters. The molecule has 1 aliphatic heterocycles. The smallest absolute Gasteiger partial charge is 0.271 e. The number of carbonyl (C=O) groups is 3. The molecule has 234 valence electrons. The first-order valence-electron chi connectivity index (χ1n) is 14.4. The van der Waals surface area contributed by atoms with Crippen LogP contribution in [0.25, 0.3) is 0 Å². The van der Waals surface area contributed by atoms with Crippen LogP contribution in [0.1, 0.15) is 79.8 Å². The molecule has 1 aliphatic carbocycles. The molecule has 0 fully saturated rings. The molecule has 0 saturated carbocycles. The molecule has 1 aromatic heterocycles. The van der Waals surface area contributed by atoms with Crippen molar-refractivity contribution in [3.63, 3.8) is 0 Å². The SMILES string of the molecule is CCn1nc(C)cc1C(=O)N[C@@]1(N)C(N)c2cc(C(N)=O)cc3c2C1[C@H](CCCNc1c(N)cc(C(N)=O)cc1OC)CO3. The average Bonchev–Trinajstić information content (AvgIpc) is 3.48. The number of nitrogens with zero attached hydrogens (tertiary/aromatic N) is 2. The van der Waals surface area contributed by atoms with Crippen molar-refractivity contribution in [1.82, 2.24) is 15.1 Å². The Bertz CT molecular complexity index is 1640. The number of primary amides is 2. The minimum Gasteiger partial charge on any atom is -0.494 e. The minimum absolute atomic E-state index is 0.143. The predicted molar refractivity (Wildman–Crippen MR) is 164 cm³/mol. The number of hydrogen-bond donors (Lipinski definition) is 7. The molecule has 14 heteroatoms. The lowest BCUT2D eigenvalue weighted by Crippen LogP contribution is -2.64. The van der Waals surface area contributed by atoms with Crippen LogP contribution in [0, 0.1) is 12.8 Å². The van der Waals surface area contributed by atoms with Gasteiger partial charge in [0.15, 0.2) is 0 Å². The van der Waals surface area contributed by atoms with Crippen LogP contribution < -0.4 is 48.8 Å². The molecular weight excluding hydrogens is 566 g/mol. The van der Waals surface area contributed by atoms with Crippen LogP contribution in [-0.4, -0.2) is 53.4 Å². The van der Waals surface area contributed by atoms with E-state index >= 15 is 0 Å². The topological polar surface area (TPSA) is 242 Å². The summed E-state index contributed by atoms with van der Waals surface area (Å²) < 4.78 is 13.2. The summed E-state index contributed by atoms with van der Waals surface area (Å²) in [6.45, 7) is 5.00. The summed E-state index contributed by atoms with van der Waals surface area (Å²) in [5.41, 5.74) is 33.5. The third kappa shape index (κ3) is 5.26. The number of amides is 3. The number of benzene rings is 2. The lowest BCUT2D eigenvalue weighted by molar-refractivity contribution is 0.0781. The number of carbonyl (C=O) groups excluding carboxylic acids is 3. The van der Waals surface area contributed by atoms with Crippen molar-refractivity contribution < 1.29 is 23.9 Å². The van der Waals surface area contributed by atoms with Gasteiger partial charge in [0.25, 0.3) is 5.91 Å². The van der Waals surface area contributed by atoms with Crippen molar-refractivity contribution in [1.29, 1.82) is 0 Å². The van der Waals surface area contributed by atoms with Crippen LogP contribution in [0.4, 0.5) is 11.4 Å². The van der Waals surface area contributed by atoms with Crippen molar-refractivity contribution >= 4 is 29.1 Å². The fourth-order valence-corrected chi connectivity index (χ4v) is 6.45. The quantitative estimate of drug-likeness (QED) is 0.0931. The largest absolute Gasteiger partial charge is 0.494 e. The van der Waals surface area contributed by atoms with E-state index in [0.29, 0.717) is 65.8 Å². The highest BCUT2D eigenvalue weighted by atomic mass is 16.5. The van der Waals surface area contributed by atoms with Crippen LogP contribution in [0.5, 0.6) is 11.5 Å². The van der Waals surface area contributed by atoms with Crippen LogP contribution in [0.3, 0.4) is 0 Å². The van der Waals surface area contributed by atoms with Crippen LogP contribution in [0.2, 0.25) is 0 Å². The molecule has 0 saturated heterocycles. The van der Waals surface area contributed by atoms with Crippen LogP contribution in [-0.2, 0) is 6.54 Å². The summed E-state index contributed by atoms with van der Waals surface area (Å²) in [5.74, 6) is -1.31. The Morgan fingerprint density at radius 3 is 2.50 bits per heavy atom. The number of methoxy groups -OCH3 is 1.